The summed E-state index contributed by atoms with van der Waals surface area (Å²) in [5, 5.41) is 8.23. The molecule has 1 N–H and O–H groups in total. The van der Waals surface area contributed by atoms with Crippen LogP contribution in [-0.2, 0) is 16.3 Å². The van der Waals surface area contributed by atoms with E-state index in [0.29, 0.717) is 46.5 Å². The fourth-order valence-corrected chi connectivity index (χ4v) is 6.41. The summed E-state index contributed by atoms with van der Waals surface area (Å²) in [5.74, 6) is -0.522. The third-order valence-electron chi connectivity index (χ3n) is 6.55. The number of nitrogens with one attached hydrogen (secondary N) is 1. The van der Waals surface area contributed by atoms with Crippen LogP contribution in [0.4, 0.5) is 4.39 Å². The molecule has 0 saturated carbocycles. The van der Waals surface area contributed by atoms with Crippen molar-refractivity contribution in [3.63, 3.8) is 0 Å². The molecule has 1 aliphatic rings. The Morgan fingerprint density at radius 3 is 2.58 bits per heavy atom. The van der Waals surface area contributed by atoms with Crippen molar-refractivity contribution in [3.8, 4) is 11.3 Å². The van der Waals surface area contributed by atoms with Crippen LogP contribution in [0.1, 0.15) is 40.5 Å². The largest absolute Gasteiger partial charge is 0.352 e. The third-order valence-corrected chi connectivity index (χ3v) is 8.30. The van der Waals surface area contributed by atoms with Gasteiger partial charge in [0.2, 0.25) is 0 Å². The van der Waals surface area contributed by atoms with Crippen molar-refractivity contribution < 1.29 is 17.6 Å². The zero-order chi connectivity index (χ0) is 25.3. The van der Waals surface area contributed by atoms with Gasteiger partial charge in [-0.25, -0.2) is 22.5 Å². The molecule has 2 aromatic heterocycles. The second kappa shape index (κ2) is 9.81. The van der Waals surface area contributed by atoms with E-state index in [0.717, 1.165) is 12.8 Å². The number of fused-ring (bicyclic) bond motifs is 1. The molecule has 1 atom stereocenters. The Morgan fingerprint density at radius 2 is 1.89 bits per heavy atom. The van der Waals surface area contributed by atoms with Crippen LogP contribution in [0.3, 0.4) is 0 Å². The van der Waals surface area contributed by atoms with Gasteiger partial charge in [0.25, 0.3) is 5.91 Å². The van der Waals surface area contributed by atoms with Crippen LogP contribution < -0.4 is 5.32 Å². The molecule has 0 radical (unpaired) electrons. The molecule has 1 fully saturated rings. The number of hydrogen-bond acceptors (Lipinski definition) is 5. The molecule has 5 rings (SSSR count). The molecule has 3 heterocycles. The van der Waals surface area contributed by atoms with Gasteiger partial charge in [0.05, 0.1) is 39.9 Å². The first-order chi connectivity index (χ1) is 17.3. The minimum Gasteiger partial charge on any atom is -0.352 e. The average Bonchev–Trinajstić information content (AvgIpc) is 3.40. The standard InChI is InChI=1S/C27H27FN4O3S/c1-18-25-23(27(33)29-14-5-8-19-6-3-2-4-7-19)16-24(20-9-11-21(28)12-10-20)30-26(25)32(31-18)22-13-15-36(34,35)17-22/h2-4,6-7,9-12,16,22H,5,8,13-15,17H2,1H3,(H,29,33). The predicted molar refractivity (Wildman–Crippen MR) is 137 cm³/mol. The molecule has 36 heavy (non-hydrogen) atoms. The van der Waals surface area contributed by atoms with Crippen LogP contribution in [0.15, 0.2) is 60.7 Å². The Labute approximate surface area is 209 Å². The van der Waals surface area contributed by atoms with Crippen molar-refractivity contribution in [3.05, 3.63) is 83.3 Å². The second-order valence-electron chi connectivity index (χ2n) is 9.19. The van der Waals surface area contributed by atoms with Crippen LogP contribution in [-0.4, -0.2) is 47.1 Å². The van der Waals surface area contributed by atoms with E-state index in [1.54, 1.807) is 29.8 Å². The lowest BCUT2D eigenvalue weighted by atomic mass is 10.0. The normalized spacial score (nSPS) is 16.9. The van der Waals surface area contributed by atoms with Gasteiger partial charge in [0.15, 0.2) is 15.5 Å². The summed E-state index contributed by atoms with van der Waals surface area (Å²) < 4.78 is 39.5. The molecule has 9 heteroatoms. The monoisotopic (exact) mass is 506 g/mol. The van der Waals surface area contributed by atoms with Crippen LogP contribution in [0.2, 0.25) is 0 Å². The first-order valence-corrected chi connectivity index (χ1v) is 13.8. The smallest absolute Gasteiger partial charge is 0.252 e. The van der Waals surface area contributed by atoms with E-state index in [-0.39, 0.29) is 29.3 Å². The summed E-state index contributed by atoms with van der Waals surface area (Å²) in [5.41, 5.74) is 3.86. The summed E-state index contributed by atoms with van der Waals surface area (Å²) in [4.78, 5) is 18.1. The van der Waals surface area contributed by atoms with E-state index >= 15 is 0 Å². The minimum atomic E-state index is -3.14. The molecular formula is C27H27FN4O3S. The lowest BCUT2D eigenvalue weighted by Gasteiger charge is -2.12. The highest BCUT2D eigenvalue weighted by Crippen LogP contribution is 2.32. The number of sulfone groups is 1. The van der Waals surface area contributed by atoms with E-state index in [4.69, 9.17) is 4.98 Å². The molecule has 4 aromatic rings. The fourth-order valence-electron chi connectivity index (χ4n) is 4.72. The Kier molecular flexibility index (Phi) is 6.57. The van der Waals surface area contributed by atoms with E-state index in [1.165, 1.54) is 17.7 Å². The van der Waals surface area contributed by atoms with Crippen molar-refractivity contribution in [2.45, 2.75) is 32.2 Å². The molecule has 0 aliphatic carbocycles. The van der Waals surface area contributed by atoms with Gasteiger partial charge in [0.1, 0.15) is 5.82 Å². The summed E-state index contributed by atoms with van der Waals surface area (Å²) in [7, 11) is -3.14. The first-order valence-electron chi connectivity index (χ1n) is 12.0. The number of rotatable bonds is 7. The Hall–Kier alpha value is -3.59. The number of pyridine rings is 1. The topological polar surface area (TPSA) is 93.9 Å². The number of nitrogens with zero attached hydrogens (tertiary/aromatic N) is 3. The highest BCUT2D eigenvalue weighted by molar-refractivity contribution is 7.91. The number of halogens is 1. The molecule has 0 bridgehead atoms. The fraction of sp³-hybridized carbons (Fsp3) is 0.296. The van der Waals surface area contributed by atoms with Crippen molar-refractivity contribution in [2.75, 3.05) is 18.1 Å². The number of benzene rings is 2. The van der Waals surface area contributed by atoms with Crippen molar-refractivity contribution in [2.24, 2.45) is 0 Å². The van der Waals surface area contributed by atoms with Gasteiger partial charge in [-0.1, -0.05) is 30.3 Å². The first kappa shape index (κ1) is 24.1. The summed E-state index contributed by atoms with van der Waals surface area (Å²) in [6.45, 7) is 2.30. The third kappa shape index (κ3) is 5.02. The van der Waals surface area contributed by atoms with E-state index in [1.807, 2.05) is 18.2 Å². The highest BCUT2D eigenvalue weighted by Gasteiger charge is 2.32. The zero-order valence-corrected chi connectivity index (χ0v) is 20.8. The van der Waals surface area contributed by atoms with Crippen LogP contribution in [0.25, 0.3) is 22.3 Å². The van der Waals surface area contributed by atoms with Gasteiger partial charge < -0.3 is 5.32 Å². The maximum absolute atomic E-state index is 13.5. The maximum atomic E-state index is 13.5. The molecule has 1 aliphatic heterocycles. The lowest BCUT2D eigenvalue weighted by molar-refractivity contribution is 0.0954. The number of carbonyl (C=O) groups is 1. The van der Waals surface area contributed by atoms with Crippen LogP contribution in [0.5, 0.6) is 0 Å². The molecule has 2 aromatic carbocycles. The Balaban J connectivity index is 1.49. The number of carbonyl (C=O) groups excluding carboxylic acids is 1. The second-order valence-corrected chi connectivity index (χ2v) is 11.4. The number of aryl methyl sites for hydroxylation is 2. The molecule has 1 saturated heterocycles. The van der Waals surface area contributed by atoms with Gasteiger partial charge in [0, 0.05) is 12.1 Å². The number of aromatic nitrogens is 3. The number of amides is 1. The van der Waals surface area contributed by atoms with Gasteiger partial charge in [-0.05, 0) is 62.1 Å². The molecule has 0 spiro atoms. The summed E-state index contributed by atoms with van der Waals surface area (Å²) in [6.07, 6.45) is 2.08. The minimum absolute atomic E-state index is 0.00725. The van der Waals surface area contributed by atoms with Crippen LogP contribution in [0, 0.1) is 12.7 Å². The van der Waals surface area contributed by atoms with Crippen molar-refractivity contribution >= 4 is 26.8 Å². The summed E-state index contributed by atoms with van der Waals surface area (Å²) >= 11 is 0. The molecular weight excluding hydrogens is 479 g/mol. The highest BCUT2D eigenvalue weighted by atomic mass is 32.2. The van der Waals surface area contributed by atoms with Crippen LogP contribution >= 0.6 is 0 Å². The van der Waals surface area contributed by atoms with Gasteiger partial charge in [-0.3, -0.25) is 4.79 Å². The summed E-state index contributed by atoms with van der Waals surface area (Å²) in [6, 6.07) is 17.3. The zero-order valence-electron chi connectivity index (χ0n) is 19.9. The molecule has 1 unspecified atom stereocenters. The van der Waals surface area contributed by atoms with E-state index in [2.05, 4.69) is 22.5 Å². The molecule has 7 nitrogen and oxygen atoms in total. The Bertz CT molecular complexity index is 1520. The van der Waals surface area contributed by atoms with Crippen molar-refractivity contribution in [1.29, 1.82) is 0 Å². The SMILES string of the molecule is Cc1nn(C2CCS(=O)(=O)C2)c2nc(-c3ccc(F)cc3)cc(C(=O)NCCCc3ccccc3)c12. The van der Waals surface area contributed by atoms with Gasteiger partial charge in [-0.2, -0.15) is 5.10 Å². The Morgan fingerprint density at radius 1 is 1.14 bits per heavy atom. The lowest BCUT2D eigenvalue weighted by Crippen LogP contribution is -2.25. The predicted octanol–water partition coefficient (Wildman–Crippen LogP) is 4.27. The van der Waals surface area contributed by atoms with Gasteiger partial charge in [-0.15, -0.1) is 0 Å². The quantitative estimate of drug-likeness (QED) is 0.378. The average molecular weight is 507 g/mol. The maximum Gasteiger partial charge on any atom is 0.252 e. The van der Waals surface area contributed by atoms with E-state index in [9.17, 15) is 17.6 Å². The van der Waals surface area contributed by atoms with E-state index < -0.39 is 9.84 Å². The molecule has 1 amide bonds. The molecule has 186 valence electrons. The number of hydrogen-bond donors (Lipinski definition) is 1. The van der Waals surface area contributed by atoms with Crippen molar-refractivity contribution in [1.82, 2.24) is 20.1 Å². The van der Waals surface area contributed by atoms with Gasteiger partial charge >= 0.3 is 0 Å².